The maximum Gasteiger partial charge on any atom is 0.235 e. The van der Waals surface area contributed by atoms with Crippen LogP contribution in [0.4, 0.5) is 5.69 Å². The van der Waals surface area contributed by atoms with Gasteiger partial charge in [-0.15, -0.1) is 0 Å². The van der Waals surface area contributed by atoms with Gasteiger partial charge >= 0.3 is 0 Å². The van der Waals surface area contributed by atoms with Crippen LogP contribution in [0.3, 0.4) is 0 Å². The average molecular weight is 739 g/mol. The lowest BCUT2D eigenvalue weighted by Crippen LogP contribution is -2.33. The van der Waals surface area contributed by atoms with E-state index < -0.39 is 0 Å². The van der Waals surface area contributed by atoms with Crippen LogP contribution in [0.25, 0.3) is 51.0 Å². The third kappa shape index (κ3) is 5.64. The first-order valence-corrected chi connectivity index (χ1v) is 20.8. The number of allylic oxidation sites excluding steroid dienone is 8. The van der Waals surface area contributed by atoms with Crippen molar-refractivity contribution in [1.82, 2.24) is 14.5 Å². The highest BCUT2D eigenvalue weighted by Gasteiger charge is 2.42. The number of rotatable bonds is 7. The number of hydrogen-bond acceptors (Lipinski definition) is 3. The number of benzene rings is 4. The van der Waals surface area contributed by atoms with Gasteiger partial charge in [0, 0.05) is 34.2 Å². The van der Waals surface area contributed by atoms with E-state index in [1.807, 2.05) is 0 Å². The molecule has 11 rings (SSSR count). The second kappa shape index (κ2) is 14.0. The maximum absolute atomic E-state index is 5.49. The topological polar surface area (TPSA) is 34.0 Å². The van der Waals surface area contributed by atoms with E-state index in [4.69, 9.17) is 9.97 Å². The molecule has 0 saturated heterocycles. The molecule has 3 unspecified atom stereocenters. The van der Waals surface area contributed by atoms with Crippen molar-refractivity contribution in [2.75, 3.05) is 4.90 Å². The van der Waals surface area contributed by atoms with Gasteiger partial charge in [-0.25, -0.2) is 9.97 Å². The smallest absolute Gasteiger partial charge is 0.235 e. The minimum atomic E-state index is 0.223. The highest BCUT2D eigenvalue weighted by molar-refractivity contribution is 6.03. The summed E-state index contributed by atoms with van der Waals surface area (Å²) in [4.78, 5) is 13.4. The Hall–Kier alpha value is -6.26. The molecule has 3 heterocycles. The van der Waals surface area contributed by atoms with Gasteiger partial charge in [0.1, 0.15) is 0 Å². The molecule has 5 atom stereocenters. The fraction of sp³-hybridized carbons (Fsp3) is 0.208. The second-order valence-corrected chi connectivity index (χ2v) is 16.3. The molecule has 6 aromatic rings. The first-order valence-electron chi connectivity index (χ1n) is 20.8. The van der Waals surface area contributed by atoms with E-state index in [9.17, 15) is 0 Å². The molecule has 4 aliphatic carbocycles. The van der Waals surface area contributed by atoms with Crippen LogP contribution in [-0.4, -0.2) is 20.6 Å². The molecule has 0 saturated carbocycles. The molecule has 0 N–H and O–H groups in total. The fourth-order valence-corrected chi connectivity index (χ4v) is 10.7. The lowest BCUT2D eigenvalue weighted by Gasteiger charge is -2.31. The molecule has 0 radical (unpaired) electrons. The van der Waals surface area contributed by atoms with Crippen molar-refractivity contribution >= 4 is 39.5 Å². The average Bonchev–Trinajstić information content (AvgIpc) is 3.79. The Labute approximate surface area is 335 Å². The number of hydrogen-bond donors (Lipinski definition) is 0. The van der Waals surface area contributed by atoms with Gasteiger partial charge < -0.3 is 4.90 Å². The lowest BCUT2D eigenvalue weighted by atomic mass is 9.73. The third-order valence-electron chi connectivity index (χ3n) is 13.2. The summed E-state index contributed by atoms with van der Waals surface area (Å²) in [5.41, 5.74) is 12.5. The molecule has 0 spiro atoms. The molecule has 0 bridgehead atoms. The first kappa shape index (κ1) is 34.0. The maximum atomic E-state index is 5.49. The largest absolute Gasteiger partial charge is 0.334 e. The number of anilines is 1. The van der Waals surface area contributed by atoms with Crippen molar-refractivity contribution in [2.24, 2.45) is 17.8 Å². The third-order valence-corrected chi connectivity index (χ3v) is 13.2. The summed E-state index contributed by atoms with van der Waals surface area (Å²) >= 11 is 0. The molecule has 57 heavy (non-hydrogen) atoms. The molecule has 1 aliphatic heterocycles. The fourth-order valence-electron chi connectivity index (χ4n) is 10.7. The lowest BCUT2D eigenvalue weighted by molar-refractivity contribution is 0.420. The SMILES string of the molecule is C=Cc1c(C2C=CC=C[C@H]2C[C@H]2C=CC3=C(C2)C2CCC=CC2N3c2ccccc2)c2c(n1-c1nc(-c3cccc4ccccc34)c3ccccc3n1)C=CCC2. The Bertz CT molecular complexity index is 2750. The van der Waals surface area contributed by atoms with Crippen LogP contribution >= 0.6 is 0 Å². The van der Waals surface area contributed by atoms with Gasteiger partial charge in [-0.3, -0.25) is 4.57 Å². The zero-order valence-electron chi connectivity index (χ0n) is 32.2. The molecular formula is C53H46N4. The van der Waals surface area contributed by atoms with Crippen LogP contribution in [0.15, 0.2) is 170 Å². The van der Waals surface area contributed by atoms with Gasteiger partial charge in [0.2, 0.25) is 5.95 Å². The Kier molecular flexibility index (Phi) is 8.38. The van der Waals surface area contributed by atoms with Crippen molar-refractivity contribution < 1.29 is 0 Å². The van der Waals surface area contributed by atoms with Gasteiger partial charge in [0.05, 0.1) is 28.6 Å². The van der Waals surface area contributed by atoms with Crippen molar-refractivity contribution in [3.05, 3.63) is 192 Å². The quantitative estimate of drug-likeness (QED) is 0.153. The number of fused-ring (bicyclic) bond motifs is 5. The predicted octanol–water partition coefficient (Wildman–Crippen LogP) is 12.7. The summed E-state index contributed by atoms with van der Waals surface area (Å²) in [6.07, 6.45) is 32.6. The summed E-state index contributed by atoms with van der Waals surface area (Å²) in [7, 11) is 0. The van der Waals surface area contributed by atoms with E-state index in [-0.39, 0.29) is 5.92 Å². The Balaban J connectivity index is 0.984. The summed E-state index contributed by atoms with van der Waals surface area (Å²) in [6, 6.07) is 35.0. The van der Waals surface area contributed by atoms with Crippen LogP contribution in [0.2, 0.25) is 0 Å². The molecule has 4 aromatic carbocycles. The zero-order valence-corrected chi connectivity index (χ0v) is 32.2. The van der Waals surface area contributed by atoms with Crippen molar-refractivity contribution in [1.29, 1.82) is 0 Å². The second-order valence-electron chi connectivity index (χ2n) is 16.3. The van der Waals surface area contributed by atoms with Crippen molar-refractivity contribution in [3.63, 3.8) is 0 Å². The van der Waals surface area contributed by atoms with Crippen molar-refractivity contribution in [3.8, 4) is 17.2 Å². The molecule has 5 aliphatic rings. The number of nitrogens with zero attached hydrogens (tertiary/aromatic N) is 4. The van der Waals surface area contributed by atoms with E-state index in [1.54, 1.807) is 5.57 Å². The molecule has 0 amide bonds. The molecule has 4 nitrogen and oxygen atoms in total. The number of aromatic nitrogens is 3. The predicted molar refractivity (Wildman–Crippen MR) is 237 cm³/mol. The molecule has 0 fully saturated rings. The minimum absolute atomic E-state index is 0.223. The monoisotopic (exact) mass is 738 g/mol. The minimum Gasteiger partial charge on any atom is -0.334 e. The van der Waals surface area contributed by atoms with E-state index >= 15 is 0 Å². The molecular weight excluding hydrogens is 693 g/mol. The van der Waals surface area contributed by atoms with Gasteiger partial charge in [-0.05, 0) is 114 Å². The van der Waals surface area contributed by atoms with Gasteiger partial charge in [0.15, 0.2) is 0 Å². The summed E-state index contributed by atoms with van der Waals surface area (Å²) in [5.74, 6) is 2.33. The van der Waals surface area contributed by atoms with E-state index in [1.165, 1.54) is 51.8 Å². The number of para-hydroxylation sites is 2. The Morgan fingerprint density at radius 3 is 2.49 bits per heavy atom. The zero-order chi connectivity index (χ0) is 37.9. The van der Waals surface area contributed by atoms with Crippen LogP contribution in [-0.2, 0) is 6.42 Å². The summed E-state index contributed by atoms with van der Waals surface area (Å²) in [5, 5.41) is 3.45. The van der Waals surface area contributed by atoms with Crippen molar-refractivity contribution in [2.45, 2.75) is 50.5 Å². The Morgan fingerprint density at radius 2 is 1.58 bits per heavy atom. The van der Waals surface area contributed by atoms with Gasteiger partial charge in [-0.2, -0.15) is 0 Å². The summed E-state index contributed by atoms with van der Waals surface area (Å²) < 4.78 is 2.31. The Morgan fingerprint density at radius 1 is 0.754 bits per heavy atom. The molecule has 278 valence electrons. The van der Waals surface area contributed by atoms with Crippen LogP contribution < -0.4 is 4.90 Å². The molecule has 2 aromatic heterocycles. The standard InChI is InChI=1S/C53H46N4/c1-2-47-51(40-23-9-7-18-37(40)33-35-31-32-50-45(34-35)41-24-11-14-29-48(41)56(50)38-20-4-3-5-21-38)44-26-12-15-30-49(44)57(47)53-54-46-28-13-10-25-43(46)52(55-53)42-27-16-19-36-17-6-8-22-39(36)42/h2-10,13-23,25,27-32,35,37,40-41,48H,1,11-12,24,26,33-34H2/t35-,37+,40?,41?,48?/m1/s1. The van der Waals surface area contributed by atoms with Crippen LogP contribution in [0.5, 0.6) is 0 Å². The summed E-state index contributed by atoms with van der Waals surface area (Å²) in [6.45, 7) is 4.48. The van der Waals surface area contributed by atoms with Gasteiger partial charge in [-0.1, -0.05) is 134 Å². The highest BCUT2D eigenvalue weighted by Crippen LogP contribution is 2.50. The van der Waals surface area contributed by atoms with Crippen LogP contribution in [0, 0.1) is 17.8 Å². The van der Waals surface area contributed by atoms with Gasteiger partial charge in [0.25, 0.3) is 0 Å². The molecule has 4 heteroatoms. The normalized spacial score (nSPS) is 23.3. The van der Waals surface area contributed by atoms with E-state index in [0.29, 0.717) is 29.7 Å². The van der Waals surface area contributed by atoms with E-state index in [2.05, 4.69) is 180 Å². The van der Waals surface area contributed by atoms with E-state index in [0.717, 1.165) is 53.5 Å². The highest BCUT2D eigenvalue weighted by atomic mass is 15.2. The van der Waals surface area contributed by atoms with Crippen LogP contribution in [0.1, 0.15) is 60.5 Å². The first-order chi connectivity index (χ1) is 28.2.